The fraction of sp³-hybridized carbons (Fsp3) is 0.467. The van der Waals surface area contributed by atoms with E-state index in [1.54, 1.807) is 0 Å². The van der Waals surface area contributed by atoms with Crippen molar-refractivity contribution in [2.24, 2.45) is 7.05 Å². The smallest absolute Gasteiger partial charge is 0.329 e. The lowest BCUT2D eigenvalue weighted by Gasteiger charge is -2.20. The number of nitrogens with one attached hydrogen (secondary N) is 1. The van der Waals surface area contributed by atoms with E-state index >= 15 is 0 Å². The molecule has 0 radical (unpaired) electrons. The van der Waals surface area contributed by atoms with E-state index in [-0.39, 0.29) is 16.9 Å². The number of hydrogen-bond acceptors (Lipinski definition) is 4. The number of amides is 1. The van der Waals surface area contributed by atoms with Crippen molar-refractivity contribution in [2.45, 2.75) is 25.7 Å². The second-order valence-electron chi connectivity index (χ2n) is 5.62. The van der Waals surface area contributed by atoms with Crippen molar-refractivity contribution in [3.05, 3.63) is 38.7 Å². The molecule has 116 valence electrons. The van der Waals surface area contributed by atoms with Crippen molar-refractivity contribution < 1.29 is 4.79 Å². The largest absolute Gasteiger partial charge is 0.339 e. The summed E-state index contributed by atoms with van der Waals surface area (Å²) in [5.74, 6) is -0.107. The van der Waals surface area contributed by atoms with Gasteiger partial charge in [0.15, 0.2) is 0 Å². The maximum absolute atomic E-state index is 12.6. The lowest BCUT2D eigenvalue weighted by molar-refractivity contribution is 0.0761. The average Bonchev–Trinajstić information content (AvgIpc) is 2.81. The molecule has 7 heteroatoms. The van der Waals surface area contributed by atoms with E-state index in [0.29, 0.717) is 5.56 Å². The van der Waals surface area contributed by atoms with Crippen LogP contribution in [-0.4, -0.2) is 38.4 Å². The second-order valence-corrected chi connectivity index (χ2v) is 5.62. The Morgan fingerprint density at radius 2 is 1.86 bits per heavy atom. The number of aryl methyl sites for hydroxylation is 1. The molecular weight excluding hydrogens is 284 g/mol. The predicted octanol–water partition coefficient (Wildman–Crippen LogP) is 0.638. The predicted molar refractivity (Wildman–Crippen MR) is 82.0 cm³/mol. The van der Waals surface area contributed by atoms with Crippen molar-refractivity contribution >= 4 is 16.9 Å². The Hall–Kier alpha value is -2.44. The molecule has 0 aromatic carbocycles. The number of likely N-dealkylation sites (tertiary alicyclic amines) is 1. The number of rotatable bonds is 1. The fourth-order valence-electron chi connectivity index (χ4n) is 2.81. The number of carbonyl (C=O) groups excluding carboxylic acids is 1. The third kappa shape index (κ3) is 2.54. The third-order valence-corrected chi connectivity index (χ3v) is 4.09. The van der Waals surface area contributed by atoms with Crippen LogP contribution in [0.2, 0.25) is 0 Å². The highest BCUT2D eigenvalue weighted by molar-refractivity contribution is 5.96. The number of nitrogens with zero attached hydrogens (tertiary/aromatic N) is 3. The lowest BCUT2D eigenvalue weighted by atomic mass is 10.2. The molecule has 7 nitrogen and oxygen atoms in total. The molecule has 3 rings (SSSR count). The van der Waals surface area contributed by atoms with E-state index in [4.69, 9.17) is 0 Å². The minimum Gasteiger partial charge on any atom is -0.339 e. The molecule has 0 bridgehead atoms. The summed E-state index contributed by atoms with van der Waals surface area (Å²) in [6.07, 6.45) is 5.72. The van der Waals surface area contributed by atoms with Gasteiger partial charge in [0.05, 0.1) is 10.9 Å². The maximum Gasteiger partial charge on any atom is 0.329 e. The third-order valence-electron chi connectivity index (χ3n) is 4.09. The van der Waals surface area contributed by atoms with Gasteiger partial charge in [-0.05, 0) is 18.9 Å². The van der Waals surface area contributed by atoms with E-state index in [1.807, 2.05) is 4.90 Å². The zero-order valence-corrected chi connectivity index (χ0v) is 12.5. The van der Waals surface area contributed by atoms with Gasteiger partial charge >= 0.3 is 5.69 Å². The van der Waals surface area contributed by atoms with Gasteiger partial charge in [-0.25, -0.2) is 9.78 Å². The normalized spacial score (nSPS) is 15.8. The molecular formula is C15H18N4O3. The van der Waals surface area contributed by atoms with Crippen LogP contribution in [0.3, 0.4) is 0 Å². The Balaban J connectivity index is 2.03. The summed E-state index contributed by atoms with van der Waals surface area (Å²) < 4.78 is 1.26. The minimum absolute atomic E-state index is 0.107. The number of aromatic nitrogens is 3. The molecule has 1 saturated heterocycles. The average molecular weight is 302 g/mol. The van der Waals surface area contributed by atoms with Gasteiger partial charge in [-0.2, -0.15) is 0 Å². The maximum atomic E-state index is 12.6. The first-order valence-corrected chi connectivity index (χ1v) is 7.46. The topological polar surface area (TPSA) is 88.1 Å². The van der Waals surface area contributed by atoms with Gasteiger partial charge in [-0.15, -0.1) is 0 Å². The van der Waals surface area contributed by atoms with Gasteiger partial charge in [0.25, 0.3) is 11.5 Å². The monoisotopic (exact) mass is 302 g/mol. The first-order valence-electron chi connectivity index (χ1n) is 7.46. The van der Waals surface area contributed by atoms with Crippen molar-refractivity contribution in [2.75, 3.05) is 13.1 Å². The van der Waals surface area contributed by atoms with Gasteiger partial charge in [-0.3, -0.25) is 19.1 Å². The van der Waals surface area contributed by atoms with Crippen LogP contribution < -0.4 is 11.2 Å². The molecule has 3 heterocycles. The molecule has 0 saturated carbocycles. The van der Waals surface area contributed by atoms with Crippen molar-refractivity contribution in [1.82, 2.24) is 19.4 Å². The highest BCUT2D eigenvalue weighted by Gasteiger charge is 2.19. The number of carbonyl (C=O) groups is 1. The first kappa shape index (κ1) is 14.5. The molecule has 2 aromatic heterocycles. The number of hydrogen-bond donors (Lipinski definition) is 1. The molecule has 1 aliphatic rings. The molecule has 0 aliphatic carbocycles. The van der Waals surface area contributed by atoms with Gasteiger partial charge in [0, 0.05) is 26.3 Å². The highest BCUT2D eigenvalue weighted by Crippen LogP contribution is 2.14. The van der Waals surface area contributed by atoms with E-state index < -0.39 is 11.2 Å². The number of pyridine rings is 1. The molecule has 1 amide bonds. The van der Waals surface area contributed by atoms with E-state index in [0.717, 1.165) is 38.8 Å². The van der Waals surface area contributed by atoms with Crippen LogP contribution in [0.25, 0.3) is 11.0 Å². The Kier molecular flexibility index (Phi) is 3.79. The number of fused-ring (bicyclic) bond motifs is 1. The summed E-state index contributed by atoms with van der Waals surface area (Å²) in [4.78, 5) is 44.2. The first-order chi connectivity index (χ1) is 10.6. The van der Waals surface area contributed by atoms with Gasteiger partial charge in [0.1, 0.15) is 5.65 Å². The number of H-pyrrole nitrogens is 1. The Morgan fingerprint density at radius 1 is 1.18 bits per heavy atom. The summed E-state index contributed by atoms with van der Waals surface area (Å²) in [5, 5.41) is 0.253. The second kappa shape index (κ2) is 5.75. The van der Waals surface area contributed by atoms with Crippen molar-refractivity contribution in [1.29, 1.82) is 0 Å². The Labute approximate surface area is 126 Å². The molecule has 1 aliphatic heterocycles. The van der Waals surface area contributed by atoms with Crippen LogP contribution in [-0.2, 0) is 7.05 Å². The summed E-state index contributed by atoms with van der Waals surface area (Å²) in [6.45, 7) is 1.47. The molecule has 2 aromatic rings. The van der Waals surface area contributed by atoms with E-state index in [1.165, 1.54) is 23.9 Å². The SMILES string of the molecule is Cn1c(=O)[nH]c(=O)c2cc(C(=O)N3CCCCCC3)cnc21. The Morgan fingerprint density at radius 3 is 2.55 bits per heavy atom. The zero-order valence-electron chi connectivity index (χ0n) is 12.5. The lowest BCUT2D eigenvalue weighted by Crippen LogP contribution is -2.33. The number of aromatic amines is 1. The van der Waals surface area contributed by atoms with Crippen molar-refractivity contribution in [3.63, 3.8) is 0 Å². The Bertz CT molecular complexity index is 829. The van der Waals surface area contributed by atoms with Crippen LogP contribution in [0.5, 0.6) is 0 Å². The summed E-state index contributed by atoms with van der Waals surface area (Å²) in [5.41, 5.74) is -0.368. The quantitative estimate of drug-likeness (QED) is 0.837. The van der Waals surface area contributed by atoms with Crippen LogP contribution in [0, 0.1) is 0 Å². The minimum atomic E-state index is -0.517. The van der Waals surface area contributed by atoms with E-state index in [9.17, 15) is 14.4 Å². The summed E-state index contributed by atoms with van der Waals surface area (Å²) in [7, 11) is 1.53. The summed E-state index contributed by atoms with van der Waals surface area (Å²) in [6, 6.07) is 1.52. The molecule has 0 unspecified atom stereocenters. The van der Waals surface area contributed by atoms with Crippen LogP contribution in [0.15, 0.2) is 21.9 Å². The van der Waals surface area contributed by atoms with Crippen LogP contribution in [0.1, 0.15) is 36.0 Å². The van der Waals surface area contributed by atoms with Crippen LogP contribution in [0.4, 0.5) is 0 Å². The molecule has 0 spiro atoms. The van der Waals surface area contributed by atoms with Gasteiger partial charge < -0.3 is 4.90 Å². The van der Waals surface area contributed by atoms with Crippen molar-refractivity contribution in [3.8, 4) is 0 Å². The molecule has 22 heavy (non-hydrogen) atoms. The van der Waals surface area contributed by atoms with E-state index in [2.05, 4.69) is 9.97 Å². The molecule has 1 fully saturated rings. The summed E-state index contributed by atoms with van der Waals surface area (Å²) >= 11 is 0. The highest BCUT2D eigenvalue weighted by atomic mass is 16.2. The van der Waals surface area contributed by atoms with Gasteiger partial charge in [-0.1, -0.05) is 12.8 Å². The van der Waals surface area contributed by atoms with Gasteiger partial charge in [0.2, 0.25) is 0 Å². The standard InChI is InChI=1S/C15H18N4O3/c1-18-12-11(13(20)17-15(18)22)8-10(9-16-12)14(21)19-6-4-2-3-5-7-19/h8-9H,2-7H2,1H3,(H,17,20,22). The molecule has 0 atom stereocenters. The zero-order chi connectivity index (χ0) is 15.7. The fourth-order valence-corrected chi connectivity index (χ4v) is 2.81. The van der Waals surface area contributed by atoms with Crippen LogP contribution >= 0.6 is 0 Å². The molecule has 1 N–H and O–H groups in total.